The Labute approximate surface area is 160 Å². The maximum Gasteiger partial charge on any atom is 0.246 e. The van der Waals surface area contributed by atoms with Gasteiger partial charge in [0, 0.05) is 18.5 Å². The first-order valence-corrected chi connectivity index (χ1v) is 10.2. The van der Waals surface area contributed by atoms with Gasteiger partial charge in [-0.3, -0.25) is 4.58 Å². The van der Waals surface area contributed by atoms with Crippen molar-refractivity contribution in [1.82, 2.24) is 4.72 Å². The Hall–Kier alpha value is -1.89. The normalized spacial score (nSPS) is 12.7. The number of rotatable bonds is 6. The smallest absolute Gasteiger partial charge is 0.246 e. The van der Waals surface area contributed by atoms with E-state index >= 15 is 0 Å². The second kappa shape index (κ2) is 8.66. The predicted molar refractivity (Wildman–Crippen MR) is 108 cm³/mol. The van der Waals surface area contributed by atoms with Crippen molar-refractivity contribution in [1.29, 1.82) is 0 Å². The highest BCUT2D eigenvalue weighted by Crippen LogP contribution is 2.14. The summed E-state index contributed by atoms with van der Waals surface area (Å²) < 4.78 is 29.1. The number of amidine groups is 1. The third-order valence-electron chi connectivity index (χ3n) is 3.98. The van der Waals surface area contributed by atoms with Crippen LogP contribution in [0.5, 0.6) is 0 Å². The summed E-state index contributed by atoms with van der Waals surface area (Å²) in [6.45, 7) is 6.92. The fraction of sp³-hybridized carbons (Fsp3) is 0.316. The molecule has 0 saturated carbocycles. The molecule has 2 N–H and O–H groups in total. The SMILES string of the molecule is CC(Nc1cc(C)cc(C)c1)=[N+](C)CCNS(=O)(=O)c1ccc(Cl)cc1. The van der Waals surface area contributed by atoms with Gasteiger partial charge in [-0.1, -0.05) is 17.7 Å². The quantitative estimate of drug-likeness (QED) is 0.448. The molecule has 0 spiro atoms. The third kappa shape index (κ3) is 5.83. The third-order valence-corrected chi connectivity index (χ3v) is 5.71. The van der Waals surface area contributed by atoms with Crippen LogP contribution < -0.4 is 10.0 Å². The van der Waals surface area contributed by atoms with Gasteiger partial charge in [-0.2, -0.15) is 0 Å². The van der Waals surface area contributed by atoms with E-state index in [1.165, 1.54) is 23.3 Å². The van der Waals surface area contributed by atoms with E-state index in [9.17, 15) is 8.42 Å². The van der Waals surface area contributed by atoms with Gasteiger partial charge in [0.05, 0.1) is 18.5 Å². The van der Waals surface area contributed by atoms with E-state index in [-0.39, 0.29) is 4.90 Å². The molecule has 0 fully saturated rings. The highest BCUT2D eigenvalue weighted by Gasteiger charge is 2.14. The predicted octanol–water partition coefficient (Wildman–Crippen LogP) is 3.41. The van der Waals surface area contributed by atoms with Crippen LogP contribution in [0.1, 0.15) is 18.1 Å². The first kappa shape index (κ1) is 20.4. The molecule has 0 radical (unpaired) electrons. The molecular formula is C19H25ClN3O2S+. The van der Waals surface area contributed by atoms with Gasteiger partial charge in [-0.05, 0) is 61.4 Å². The summed E-state index contributed by atoms with van der Waals surface area (Å²) in [5.41, 5.74) is 3.41. The van der Waals surface area contributed by atoms with Crippen LogP contribution >= 0.6 is 11.6 Å². The Kier molecular flexibility index (Phi) is 6.81. The fourth-order valence-corrected chi connectivity index (χ4v) is 3.71. The minimum Gasteiger partial charge on any atom is -0.267 e. The summed E-state index contributed by atoms with van der Waals surface area (Å²) in [6, 6.07) is 12.4. The number of benzene rings is 2. The van der Waals surface area contributed by atoms with E-state index in [4.69, 9.17) is 11.6 Å². The number of sulfonamides is 1. The number of hydrogen-bond donors (Lipinski definition) is 2. The summed E-state index contributed by atoms with van der Waals surface area (Å²) in [7, 11) is -1.62. The Bertz CT molecular complexity index is 887. The Morgan fingerprint density at radius 2 is 1.65 bits per heavy atom. The minimum absolute atomic E-state index is 0.207. The molecule has 26 heavy (non-hydrogen) atoms. The van der Waals surface area contributed by atoms with Gasteiger partial charge in [0.25, 0.3) is 0 Å². The second-order valence-corrected chi connectivity index (χ2v) is 8.56. The molecule has 0 aliphatic carbocycles. The number of aryl methyl sites for hydroxylation is 2. The van der Waals surface area contributed by atoms with Crippen molar-refractivity contribution < 1.29 is 13.0 Å². The lowest BCUT2D eigenvalue weighted by Crippen LogP contribution is -2.32. The molecule has 0 aromatic heterocycles. The summed E-state index contributed by atoms with van der Waals surface area (Å²) in [6.07, 6.45) is 0. The summed E-state index contributed by atoms with van der Waals surface area (Å²) in [5.74, 6) is 0.945. The molecule has 0 bridgehead atoms. The van der Waals surface area contributed by atoms with Gasteiger partial charge in [-0.15, -0.1) is 0 Å². The highest BCUT2D eigenvalue weighted by molar-refractivity contribution is 7.89. The molecule has 7 heteroatoms. The van der Waals surface area contributed by atoms with Crippen molar-refractivity contribution in [2.45, 2.75) is 25.7 Å². The van der Waals surface area contributed by atoms with Crippen molar-refractivity contribution >= 4 is 33.1 Å². The standard InChI is InChI=1S/C19H24ClN3O2S/c1-14-11-15(2)13-18(12-14)22-16(3)23(4)10-9-21-26(24,25)19-7-5-17(20)6-8-19/h5-8,11-13,21H,9-10H2,1-4H3/p+1. The van der Waals surface area contributed by atoms with E-state index in [0.717, 1.165) is 11.5 Å². The molecule has 0 unspecified atom stereocenters. The molecular weight excluding hydrogens is 370 g/mol. The molecule has 0 atom stereocenters. The van der Waals surface area contributed by atoms with Gasteiger partial charge >= 0.3 is 0 Å². The van der Waals surface area contributed by atoms with Crippen molar-refractivity contribution in [3.05, 3.63) is 58.6 Å². The fourth-order valence-electron chi connectivity index (χ4n) is 2.56. The Balaban J connectivity index is 1.97. The monoisotopic (exact) mass is 394 g/mol. The second-order valence-electron chi connectivity index (χ2n) is 6.36. The van der Waals surface area contributed by atoms with E-state index in [0.29, 0.717) is 18.1 Å². The average Bonchev–Trinajstić information content (AvgIpc) is 2.54. The molecule has 140 valence electrons. The van der Waals surface area contributed by atoms with Crippen molar-refractivity contribution in [2.75, 3.05) is 25.5 Å². The van der Waals surface area contributed by atoms with Crippen molar-refractivity contribution in [2.24, 2.45) is 0 Å². The molecule has 2 aromatic rings. The van der Waals surface area contributed by atoms with E-state index in [2.05, 4.69) is 42.1 Å². The van der Waals surface area contributed by atoms with Crippen LogP contribution in [0.15, 0.2) is 47.4 Å². The minimum atomic E-state index is -3.53. The lowest BCUT2D eigenvalue weighted by molar-refractivity contribution is -0.495. The van der Waals surface area contributed by atoms with Gasteiger partial charge in [0.1, 0.15) is 5.69 Å². The van der Waals surface area contributed by atoms with Crippen LogP contribution in [0.2, 0.25) is 5.02 Å². The summed E-state index contributed by atoms with van der Waals surface area (Å²) >= 11 is 5.80. The van der Waals surface area contributed by atoms with Crippen LogP contribution in [0, 0.1) is 13.8 Å². The van der Waals surface area contributed by atoms with E-state index in [1.54, 1.807) is 12.1 Å². The van der Waals surface area contributed by atoms with Crippen LogP contribution in [0.4, 0.5) is 5.69 Å². The van der Waals surface area contributed by atoms with Crippen molar-refractivity contribution in [3.63, 3.8) is 0 Å². The summed E-state index contributed by atoms with van der Waals surface area (Å²) in [5, 5.41) is 3.87. The molecule has 0 aliphatic heterocycles. The maximum absolute atomic E-state index is 12.3. The Morgan fingerprint density at radius 1 is 1.08 bits per heavy atom. The maximum atomic E-state index is 12.3. The average molecular weight is 395 g/mol. The number of hydrogen-bond acceptors (Lipinski definition) is 2. The van der Waals surface area contributed by atoms with E-state index < -0.39 is 10.0 Å². The molecule has 0 heterocycles. The van der Waals surface area contributed by atoms with E-state index in [1.807, 2.05) is 18.5 Å². The number of anilines is 1. The van der Waals surface area contributed by atoms with Crippen LogP contribution in [-0.2, 0) is 10.0 Å². The zero-order chi connectivity index (χ0) is 19.3. The van der Waals surface area contributed by atoms with Crippen molar-refractivity contribution in [3.8, 4) is 0 Å². The number of halogens is 1. The first-order chi connectivity index (χ1) is 12.2. The van der Waals surface area contributed by atoms with Gasteiger partial charge in [0.15, 0.2) is 0 Å². The van der Waals surface area contributed by atoms with Gasteiger partial charge in [-0.25, -0.2) is 18.5 Å². The van der Waals surface area contributed by atoms with Gasteiger partial charge < -0.3 is 0 Å². The summed E-state index contributed by atoms with van der Waals surface area (Å²) in [4.78, 5) is 0.207. The number of likely N-dealkylation sites (N-methyl/N-ethyl adjacent to an activating group) is 1. The lowest BCUT2D eigenvalue weighted by Gasteiger charge is -2.09. The number of nitrogens with zero attached hydrogens (tertiary/aromatic N) is 1. The zero-order valence-electron chi connectivity index (χ0n) is 15.5. The Morgan fingerprint density at radius 3 is 2.23 bits per heavy atom. The van der Waals surface area contributed by atoms with Crippen LogP contribution in [0.25, 0.3) is 0 Å². The van der Waals surface area contributed by atoms with Crippen LogP contribution in [0.3, 0.4) is 0 Å². The highest BCUT2D eigenvalue weighted by atomic mass is 35.5. The lowest BCUT2D eigenvalue weighted by atomic mass is 10.1. The molecule has 2 aromatic carbocycles. The molecule has 0 aliphatic rings. The molecule has 0 saturated heterocycles. The topological polar surface area (TPSA) is 61.2 Å². The molecule has 0 amide bonds. The zero-order valence-corrected chi connectivity index (χ0v) is 17.1. The first-order valence-electron chi connectivity index (χ1n) is 8.32. The number of nitrogens with one attached hydrogen (secondary N) is 2. The van der Waals surface area contributed by atoms with Crippen LogP contribution in [-0.4, -0.2) is 39.0 Å². The van der Waals surface area contributed by atoms with Gasteiger partial charge in [0.2, 0.25) is 15.9 Å². The molecule has 5 nitrogen and oxygen atoms in total. The molecule has 2 rings (SSSR count). The largest absolute Gasteiger partial charge is 0.267 e.